The Morgan fingerprint density at radius 3 is 2.93 bits per heavy atom. The van der Waals surface area contributed by atoms with Crippen molar-refractivity contribution < 1.29 is 0 Å². The van der Waals surface area contributed by atoms with E-state index in [2.05, 4.69) is 34.7 Å². The summed E-state index contributed by atoms with van der Waals surface area (Å²) in [5.41, 5.74) is 6.53. The van der Waals surface area contributed by atoms with Gasteiger partial charge in [-0.3, -0.25) is 0 Å². The third-order valence-corrected chi connectivity index (χ3v) is 3.89. The minimum Gasteiger partial charge on any atom is -0.399 e. The van der Waals surface area contributed by atoms with Gasteiger partial charge in [0.05, 0.1) is 12.5 Å². The van der Waals surface area contributed by atoms with Crippen molar-refractivity contribution in [2.24, 2.45) is 0 Å². The molecule has 0 aliphatic heterocycles. The molecule has 2 rings (SSSR count). The van der Waals surface area contributed by atoms with Crippen LogP contribution in [0.15, 0.2) is 18.2 Å². The number of benzene rings is 1. The molecule has 14 heavy (non-hydrogen) atoms. The van der Waals surface area contributed by atoms with E-state index in [1.54, 1.807) is 11.3 Å². The predicted octanol–water partition coefficient (Wildman–Crippen LogP) is 3.15. The summed E-state index contributed by atoms with van der Waals surface area (Å²) in [5, 5.41) is 9.80. The van der Waals surface area contributed by atoms with Crippen LogP contribution in [0.1, 0.15) is 4.88 Å². The second kappa shape index (κ2) is 3.75. The first kappa shape index (κ1) is 9.74. The monoisotopic (exact) mass is 314 g/mol. The Labute approximate surface area is 99.5 Å². The van der Waals surface area contributed by atoms with Crippen LogP contribution in [0.4, 0.5) is 5.69 Å². The van der Waals surface area contributed by atoms with Crippen LogP contribution in [-0.2, 0) is 6.42 Å². The minimum absolute atomic E-state index is 0.481. The van der Waals surface area contributed by atoms with E-state index in [-0.39, 0.29) is 0 Å². The molecule has 0 radical (unpaired) electrons. The van der Waals surface area contributed by atoms with Crippen LogP contribution in [0.2, 0.25) is 0 Å². The van der Waals surface area contributed by atoms with E-state index in [4.69, 9.17) is 11.0 Å². The molecule has 0 unspecified atom stereocenters. The maximum absolute atomic E-state index is 8.60. The standard InChI is InChI=1S/C10H7IN2S/c11-9-3-6(13)4-10-8(9)5-7(14-10)1-2-12/h3-5H,1,13H2. The second-order valence-corrected chi connectivity index (χ2v) is 5.29. The Kier molecular flexibility index (Phi) is 2.61. The number of fused-ring (bicyclic) bond motifs is 1. The summed E-state index contributed by atoms with van der Waals surface area (Å²) in [6.07, 6.45) is 0.481. The molecule has 1 heterocycles. The van der Waals surface area contributed by atoms with E-state index in [1.807, 2.05) is 12.1 Å². The number of anilines is 1. The van der Waals surface area contributed by atoms with Crippen LogP contribution in [0, 0.1) is 14.9 Å². The third kappa shape index (κ3) is 1.70. The lowest BCUT2D eigenvalue weighted by molar-refractivity contribution is 1.32. The van der Waals surface area contributed by atoms with Crippen molar-refractivity contribution in [3.05, 3.63) is 26.6 Å². The van der Waals surface area contributed by atoms with Gasteiger partial charge in [-0.2, -0.15) is 5.26 Å². The van der Waals surface area contributed by atoms with E-state index >= 15 is 0 Å². The maximum Gasteiger partial charge on any atom is 0.0696 e. The molecule has 0 aliphatic rings. The summed E-state index contributed by atoms with van der Waals surface area (Å²) in [4.78, 5) is 1.10. The molecule has 0 saturated heterocycles. The van der Waals surface area contributed by atoms with Gasteiger partial charge in [-0.15, -0.1) is 11.3 Å². The number of halogens is 1. The molecule has 70 valence electrons. The number of hydrogen-bond acceptors (Lipinski definition) is 3. The van der Waals surface area contributed by atoms with Crippen LogP contribution >= 0.6 is 33.9 Å². The average molecular weight is 314 g/mol. The van der Waals surface area contributed by atoms with Crippen molar-refractivity contribution >= 4 is 49.7 Å². The van der Waals surface area contributed by atoms with Gasteiger partial charge in [-0.25, -0.2) is 0 Å². The first-order valence-electron chi connectivity index (χ1n) is 4.05. The van der Waals surface area contributed by atoms with Gasteiger partial charge in [0.15, 0.2) is 0 Å². The highest BCUT2D eigenvalue weighted by Gasteiger charge is 2.05. The number of nitriles is 1. The highest BCUT2D eigenvalue weighted by molar-refractivity contribution is 14.1. The van der Waals surface area contributed by atoms with E-state index in [0.29, 0.717) is 6.42 Å². The highest BCUT2D eigenvalue weighted by Crippen LogP contribution is 2.31. The van der Waals surface area contributed by atoms with Gasteiger partial charge in [0, 0.05) is 24.2 Å². The fraction of sp³-hybridized carbons (Fsp3) is 0.100. The van der Waals surface area contributed by atoms with Crippen molar-refractivity contribution in [3.8, 4) is 6.07 Å². The molecule has 0 spiro atoms. The summed E-state index contributed by atoms with van der Waals surface area (Å²) in [6, 6.07) is 8.14. The fourth-order valence-corrected chi connectivity index (χ4v) is 3.39. The molecule has 4 heteroatoms. The van der Waals surface area contributed by atoms with Gasteiger partial charge in [0.2, 0.25) is 0 Å². The van der Waals surface area contributed by atoms with Crippen molar-refractivity contribution in [1.82, 2.24) is 0 Å². The zero-order valence-corrected chi connectivity index (χ0v) is 10.2. The molecular formula is C10H7IN2S. The van der Waals surface area contributed by atoms with Crippen molar-refractivity contribution in [3.63, 3.8) is 0 Å². The maximum atomic E-state index is 8.60. The first-order chi connectivity index (χ1) is 6.70. The van der Waals surface area contributed by atoms with Crippen LogP contribution in [-0.4, -0.2) is 0 Å². The number of nitrogens with two attached hydrogens (primary N) is 1. The topological polar surface area (TPSA) is 49.8 Å². The Morgan fingerprint density at radius 1 is 1.43 bits per heavy atom. The molecule has 2 N–H and O–H groups in total. The molecule has 2 aromatic rings. The second-order valence-electron chi connectivity index (χ2n) is 2.96. The Balaban J connectivity index is 2.66. The molecule has 2 nitrogen and oxygen atoms in total. The Bertz CT molecular complexity index is 525. The normalized spacial score (nSPS) is 10.3. The minimum atomic E-state index is 0.481. The van der Waals surface area contributed by atoms with Gasteiger partial charge in [0.1, 0.15) is 0 Å². The van der Waals surface area contributed by atoms with E-state index in [1.165, 1.54) is 10.1 Å². The molecule has 0 bridgehead atoms. The summed E-state index contributed by atoms with van der Waals surface area (Å²) in [6.45, 7) is 0. The number of nitrogen functional groups attached to an aromatic ring is 1. The van der Waals surface area contributed by atoms with Crippen molar-refractivity contribution in [2.45, 2.75) is 6.42 Å². The molecule has 1 aromatic heterocycles. The molecule has 0 saturated carbocycles. The van der Waals surface area contributed by atoms with Gasteiger partial charge >= 0.3 is 0 Å². The van der Waals surface area contributed by atoms with E-state index in [0.717, 1.165) is 14.1 Å². The number of rotatable bonds is 1. The molecule has 0 fully saturated rings. The quantitative estimate of drug-likeness (QED) is 0.649. The van der Waals surface area contributed by atoms with Gasteiger partial charge < -0.3 is 5.73 Å². The lowest BCUT2D eigenvalue weighted by atomic mass is 10.2. The fourth-order valence-electron chi connectivity index (χ4n) is 1.33. The summed E-state index contributed by atoms with van der Waals surface area (Å²) in [7, 11) is 0. The SMILES string of the molecule is N#CCc1cc2c(I)cc(N)cc2s1. The zero-order valence-electron chi connectivity index (χ0n) is 7.25. The lowest BCUT2D eigenvalue weighted by Gasteiger charge is -1.95. The molecule has 0 amide bonds. The van der Waals surface area contributed by atoms with E-state index in [9.17, 15) is 0 Å². The van der Waals surface area contributed by atoms with Gasteiger partial charge in [0.25, 0.3) is 0 Å². The van der Waals surface area contributed by atoms with Crippen molar-refractivity contribution in [2.75, 3.05) is 5.73 Å². The number of thiophene rings is 1. The highest BCUT2D eigenvalue weighted by atomic mass is 127. The molecule has 0 atom stereocenters. The van der Waals surface area contributed by atoms with Crippen molar-refractivity contribution in [1.29, 1.82) is 5.26 Å². The molecule has 1 aromatic carbocycles. The molecule has 0 aliphatic carbocycles. The lowest BCUT2D eigenvalue weighted by Crippen LogP contribution is -1.84. The zero-order chi connectivity index (χ0) is 10.1. The number of nitrogens with zero attached hydrogens (tertiary/aromatic N) is 1. The summed E-state index contributed by atoms with van der Waals surface area (Å²) >= 11 is 3.91. The Hall–Kier alpha value is -0.800. The predicted molar refractivity (Wildman–Crippen MR) is 68.3 cm³/mol. The van der Waals surface area contributed by atoms with Crippen LogP contribution in [0.5, 0.6) is 0 Å². The van der Waals surface area contributed by atoms with Gasteiger partial charge in [-0.1, -0.05) is 0 Å². The Morgan fingerprint density at radius 2 is 2.21 bits per heavy atom. The van der Waals surface area contributed by atoms with Crippen LogP contribution < -0.4 is 5.73 Å². The molecular weight excluding hydrogens is 307 g/mol. The summed E-state index contributed by atoms with van der Waals surface area (Å²) in [5.74, 6) is 0. The van der Waals surface area contributed by atoms with Gasteiger partial charge in [-0.05, 0) is 40.8 Å². The van der Waals surface area contributed by atoms with Crippen LogP contribution in [0.25, 0.3) is 10.1 Å². The smallest absolute Gasteiger partial charge is 0.0696 e. The average Bonchev–Trinajstić information content (AvgIpc) is 2.48. The first-order valence-corrected chi connectivity index (χ1v) is 5.94. The third-order valence-electron chi connectivity index (χ3n) is 1.91. The summed E-state index contributed by atoms with van der Waals surface area (Å²) < 4.78 is 2.32. The van der Waals surface area contributed by atoms with E-state index < -0.39 is 0 Å². The van der Waals surface area contributed by atoms with Crippen LogP contribution in [0.3, 0.4) is 0 Å². The number of hydrogen-bond donors (Lipinski definition) is 1. The largest absolute Gasteiger partial charge is 0.399 e.